The van der Waals surface area contributed by atoms with Crippen LogP contribution in [0.1, 0.15) is 25.8 Å². The Hall–Kier alpha value is -2.30. The van der Waals surface area contributed by atoms with Gasteiger partial charge in [-0.3, -0.25) is 14.5 Å². The molecule has 0 bridgehead atoms. The minimum atomic E-state index is -0.228. The number of nitrogens with zero attached hydrogens (tertiary/aromatic N) is 1. The van der Waals surface area contributed by atoms with Crippen LogP contribution in [0.5, 0.6) is 5.75 Å². The van der Waals surface area contributed by atoms with Crippen molar-refractivity contribution in [1.29, 1.82) is 0 Å². The molecule has 0 saturated heterocycles. The molecule has 0 radical (unpaired) electrons. The molecule has 0 fully saturated rings. The summed E-state index contributed by atoms with van der Waals surface area (Å²) in [4.78, 5) is 27.1. The van der Waals surface area contributed by atoms with Gasteiger partial charge in [0.25, 0.3) is 0 Å². The molecule has 0 aliphatic carbocycles. The second-order valence-electron chi connectivity index (χ2n) is 5.02. The maximum atomic E-state index is 11.5. The first-order valence-corrected chi connectivity index (χ1v) is 6.98. The number of H-pyrrole nitrogens is 1. The van der Waals surface area contributed by atoms with E-state index in [0.717, 1.165) is 28.6 Å². The van der Waals surface area contributed by atoms with Crippen LogP contribution in [-0.4, -0.2) is 35.4 Å². The van der Waals surface area contributed by atoms with Crippen molar-refractivity contribution in [2.45, 2.75) is 32.7 Å². The Kier molecular flexibility index (Phi) is 4.62. The molecule has 2 amide bonds. The number of carbonyl (C=O) groups is 2. The largest absolute Gasteiger partial charge is 0.497 e. The number of hydrogen-bond acceptors (Lipinski definition) is 3. The minimum Gasteiger partial charge on any atom is -0.497 e. The van der Waals surface area contributed by atoms with Crippen LogP contribution in [0.3, 0.4) is 0 Å². The molecule has 1 N–H and O–H groups in total. The average molecular weight is 288 g/mol. The van der Waals surface area contributed by atoms with E-state index in [1.807, 2.05) is 31.3 Å². The Morgan fingerprint density at radius 3 is 2.81 bits per heavy atom. The third kappa shape index (κ3) is 3.07. The number of amides is 2. The lowest BCUT2D eigenvalue weighted by molar-refractivity contribution is -0.139. The zero-order valence-electron chi connectivity index (χ0n) is 12.6. The smallest absolute Gasteiger partial charge is 0.226 e. The fourth-order valence-electron chi connectivity index (χ4n) is 2.56. The van der Waals surface area contributed by atoms with Gasteiger partial charge in [0.15, 0.2) is 0 Å². The summed E-state index contributed by atoms with van der Waals surface area (Å²) >= 11 is 0. The van der Waals surface area contributed by atoms with Crippen LogP contribution in [0.2, 0.25) is 0 Å². The van der Waals surface area contributed by atoms with Gasteiger partial charge in [-0.2, -0.15) is 0 Å². The number of methoxy groups -OCH3 is 1. The lowest BCUT2D eigenvalue weighted by Crippen LogP contribution is -2.38. The SMILES string of the molecule is CCC(Cc1c[nH]c2ccc(OC)cc12)N(C=O)C(C)=O. The molecule has 1 unspecified atom stereocenters. The van der Waals surface area contributed by atoms with Crippen LogP contribution in [0, 0.1) is 0 Å². The number of ether oxygens (including phenoxy) is 1. The van der Waals surface area contributed by atoms with Gasteiger partial charge in [0, 0.05) is 30.1 Å². The van der Waals surface area contributed by atoms with Gasteiger partial charge in [0.05, 0.1) is 7.11 Å². The molecule has 21 heavy (non-hydrogen) atoms. The lowest BCUT2D eigenvalue weighted by atomic mass is 10.0. The molecule has 0 spiro atoms. The van der Waals surface area contributed by atoms with Crippen molar-refractivity contribution in [2.75, 3.05) is 7.11 Å². The molecule has 0 aliphatic heterocycles. The highest BCUT2D eigenvalue weighted by Crippen LogP contribution is 2.25. The summed E-state index contributed by atoms with van der Waals surface area (Å²) in [7, 11) is 1.63. The number of rotatable bonds is 6. The standard InChI is InChI=1S/C16H20N2O3/c1-4-13(18(10-19)11(2)20)7-12-9-17-16-6-5-14(21-3)8-15(12)16/h5-6,8-10,13,17H,4,7H2,1-3H3. The monoisotopic (exact) mass is 288 g/mol. The summed E-state index contributed by atoms with van der Waals surface area (Å²) in [5.74, 6) is 0.560. The van der Waals surface area contributed by atoms with E-state index < -0.39 is 0 Å². The van der Waals surface area contributed by atoms with Crippen molar-refractivity contribution in [3.63, 3.8) is 0 Å². The first-order chi connectivity index (χ1) is 10.1. The number of fused-ring (bicyclic) bond motifs is 1. The van der Waals surface area contributed by atoms with E-state index in [4.69, 9.17) is 4.74 Å². The molecule has 5 heteroatoms. The summed E-state index contributed by atoms with van der Waals surface area (Å²) in [6.45, 7) is 3.38. The van der Waals surface area contributed by atoms with Gasteiger partial charge in [-0.25, -0.2) is 0 Å². The predicted octanol–water partition coefficient (Wildman–Crippen LogP) is 2.50. The van der Waals surface area contributed by atoms with Crippen molar-refractivity contribution in [1.82, 2.24) is 9.88 Å². The Morgan fingerprint density at radius 1 is 1.48 bits per heavy atom. The highest BCUT2D eigenvalue weighted by molar-refractivity contribution is 5.86. The van der Waals surface area contributed by atoms with Gasteiger partial charge in [-0.1, -0.05) is 6.92 Å². The molecule has 1 aromatic carbocycles. The van der Waals surface area contributed by atoms with Crippen molar-refractivity contribution in [3.05, 3.63) is 30.0 Å². The topological polar surface area (TPSA) is 62.4 Å². The number of imide groups is 1. The predicted molar refractivity (Wildman–Crippen MR) is 81.2 cm³/mol. The number of aromatic nitrogens is 1. The molecule has 1 aromatic heterocycles. The van der Waals surface area contributed by atoms with Crippen LogP contribution < -0.4 is 4.74 Å². The van der Waals surface area contributed by atoms with E-state index >= 15 is 0 Å². The second-order valence-corrected chi connectivity index (χ2v) is 5.02. The third-order valence-corrected chi connectivity index (χ3v) is 3.77. The maximum Gasteiger partial charge on any atom is 0.226 e. The molecule has 112 valence electrons. The molecule has 5 nitrogen and oxygen atoms in total. The molecule has 0 aliphatic rings. The van der Waals surface area contributed by atoms with Gasteiger partial charge in [-0.15, -0.1) is 0 Å². The van der Waals surface area contributed by atoms with Crippen LogP contribution in [0.15, 0.2) is 24.4 Å². The summed E-state index contributed by atoms with van der Waals surface area (Å²) in [5.41, 5.74) is 2.09. The Bertz CT molecular complexity index is 648. The number of hydrogen-bond donors (Lipinski definition) is 1. The molecule has 2 rings (SSSR count). The van der Waals surface area contributed by atoms with Gasteiger partial charge >= 0.3 is 0 Å². The first kappa shape index (κ1) is 15.1. The van der Waals surface area contributed by atoms with Crippen LogP contribution >= 0.6 is 0 Å². The van der Waals surface area contributed by atoms with Gasteiger partial charge < -0.3 is 9.72 Å². The van der Waals surface area contributed by atoms with E-state index in [1.54, 1.807) is 7.11 Å². The van der Waals surface area contributed by atoms with Crippen molar-refractivity contribution < 1.29 is 14.3 Å². The summed E-state index contributed by atoms with van der Waals surface area (Å²) < 4.78 is 5.25. The van der Waals surface area contributed by atoms with E-state index in [-0.39, 0.29) is 11.9 Å². The van der Waals surface area contributed by atoms with Crippen LogP contribution in [0.25, 0.3) is 10.9 Å². The zero-order valence-corrected chi connectivity index (χ0v) is 12.6. The van der Waals surface area contributed by atoms with Crippen molar-refractivity contribution in [3.8, 4) is 5.75 Å². The van der Waals surface area contributed by atoms with Gasteiger partial charge in [-0.05, 0) is 36.6 Å². The van der Waals surface area contributed by atoms with Crippen LogP contribution in [-0.2, 0) is 16.0 Å². The molecule has 0 saturated carbocycles. The molecule has 1 atom stereocenters. The van der Waals surface area contributed by atoms with Gasteiger partial charge in [0.1, 0.15) is 5.75 Å². The quantitative estimate of drug-likeness (QED) is 0.831. The average Bonchev–Trinajstić information content (AvgIpc) is 2.88. The number of carbonyl (C=O) groups excluding carboxylic acids is 2. The van der Waals surface area contributed by atoms with E-state index in [0.29, 0.717) is 12.8 Å². The number of aromatic amines is 1. The highest BCUT2D eigenvalue weighted by Gasteiger charge is 2.20. The Morgan fingerprint density at radius 2 is 2.24 bits per heavy atom. The second kappa shape index (κ2) is 6.43. The summed E-state index contributed by atoms with van der Waals surface area (Å²) in [6, 6.07) is 5.69. The van der Waals surface area contributed by atoms with Gasteiger partial charge in [0.2, 0.25) is 12.3 Å². The number of benzene rings is 1. The molecule has 2 aromatic rings. The minimum absolute atomic E-state index is 0.134. The summed E-state index contributed by atoms with van der Waals surface area (Å²) in [6.07, 6.45) is 3.89. The van der Waals surface area contributed by atoms with E-state index in [2.05, 4.69) is 4.98 Å². The molecule has 1 heterocycles. The first-order valence-electron chi connectivity index (χ1n) is 6.98. The lowest BCUT2D eigenvalue weighted by Gasteiger charge is -2.24. The van der Waals surface area contributed by atoms with Crippen molar-refractivity contribution in [2.24, 2.45) is 0 Å². The zero-order chi connectivity index (χ0) is 15.4. The number of nitrogens with one attached hydrogen (secondary N) is 1. The fraction of sp³-hybridized carbons (Fsp3) is 0.375. The third-order valence-electron chi connectivity index (χ3n) is 3.77. The van der Waals surface area contributed by atoms with E-state index in [1.165, 1.54) is 11.8 Å². The summed E-state index contributed by atoms with van der Waals surface area (Å²) in [5, 5.41) is 1.06. The van der Waals surface area contributed by atoms with E-state index in [9.17, 15) is 9.59 Å². The maximum absolute atomic E-state index is 11.5. The normalized spacial score (nSPS) is 12.1. The van der Waals surface area contributed by atoms with Crippen LogP contribution in [0.4, 0.5) is 0 Å². The molecular formula is C16H20N2O3. The fourth-order valence-corrected chi connectivity index (χ4v) is 2.56. The highest BCUT2D eigenvalue weighted by atomic mass is 16.5. The van der Waals surface area contributed by atoms with Crippen molar-refractivity contribution >= 4 is 23.2 Å². The Balaban J connectivity index is 2.33. The molecular weight excluding hydrogens is 268 g/mol. The Labute approximate surface area is 123 Å².